The van der Waals surface area contributed by atoms with Crippen LogP contribution in [0.2, 0.25) is 0 Å². The zero-order valence-electron chi connectivity index (χ0n) is 8.16. The normalized spacial score (nSPS) is 41.7. The summed E-state index contributed by atoms with van der Waals surface area (Å²) in [5, 5.41) is 0. The summed E-state index contributed by atoms with van der Waals surface area (Å²) in [6, 6.07) is 0. The van der Waals surface area contributed by atoms with Crippen LogP contribution in [0.3, 0.4) is 0 Å². The molecule has 2 fully saturated rings. The molecular weight excluding hydrogens is 235 g/mol. The van der Waals surface area contributed by atoms with Crippen molar-refractivity contribution in [3.63, 3.8) is 0 Å². The summed E-state index contributed by atoms with van der Waals surface area (Å²) in [6.07, 6.45) is 5.86. The predicted octanol–water partition coefficient (Wildman–Crippen LogP) is 4.47. The molecule has 0 N–H and O–H groups in total. The van der Waals surface area contributed by atoms with Crippen molar-refractivity contribution < 1.29 is 0 Å². The average molecular weight is 254 g/mol. The molecule has 0 aromatic rings. The molecule has 0 bridgehead atoms. The van der Waals surface area contributed by atoms with Crippen molar-refractivity contribution in [2.45, 2.75) is 38.3 Å². The average Bonchev–Trinajstić information content (AvgIpc) is 2.54. The summed E-state index contributed by atoms with van der Waals surface area (Å²) >= 11 is 9.47. The summed E-state index contributed by atoms with van der Waals surface area (Å²) < 4.78 is 0. The van der Waals surface area contributed by atoms with Gasteiger partial charge in [-0.3, -0.25) is 0 Å². The molecule has 1 aliphatic carbocycles. The molecule has 2 unspecified atom stereocenters. The van der Waals surface area contributed by atoms with Crippen LogP contribution < -0.4 is 0 Å². The fourth-order valence-corrected chi connectivity index (χ4v) is 16.3. The van der Waals surface area contributed by atoms with Gasteiger partial charge in [0.05, 0.1) is 0 Å². The molecule has 78 valence electrons. The van der Waals surface area contributed by atoms with Crippen molar-refractivity contribution in [3.05, 3.63) is 0 Å². The van der Waals surface area contributed by atoms with E-state index in [1.165, 1.54) is 37.2 Å². The van der Waals surface area contributed by atoms with E-state index in [1.54, 1.807) is 0 Å². The third-order valence-corrected chi connectivity index (χ3v) is 17.9. The first kappa shape index (κ1) is 11.0. The summed E-state index contributed by atoms with van der Waals surface area (Å²) in [5.74, 6) is 3.70. The first-order valence-corrected chi connectivity index (χ1v) is 12.0. The molecule has 4 heteroatoms. The summed E-state index contributed by atoms with van der Waals surface area (Å²) in [5.41, 5.74) is 0.997. The van der Waals surface area contributed by atoms with Crippen molar-refractivity contribution in [1.29, 1.82) is 0 Å². The molecule has 2 aliphatic rings. The second-order valence-electron chi connectivity index (χ2n) is 4.30. The minimum atomic E-state index is -1.20. The van der Waals surface area contributed by atoms with Crippen LogP contribution in [-0.4, -0.2) is 17.2 Å². The van der Waals surface area contributed by atoms with E-state index in [2.05, 4.69) is 29.7 Å². The van der Waals surface area contributed by atoms with Gasteiger partial charge >= 0.3 is 95.6 Å². The van der Waals surface area contributed by atoms with Gasteiger partial charge in [0.1, 0.15) is 0 Å². The molecule has 0 aromatic heterocycles. The van der Waals surface area contributed by atoms with Crippen molar-refractivity contribution in [3.8, 4) is 0 Å². The van der Waals surface area contributed by atoms with Crippen LogP contribution in [0.1, 0.15) is 32.6 Å². The summed E-state index contributed by atoms with van der Waals surface area (Å²) in [4.78, 5) is -1.20. The molecular formula is C9H19PS3. The Morgan fingerprint density at radius 2 is 1.92 bits per heavy atom. The van der Waals surface area contributed by atoms with E-state index in [9.17, 15) is 0 Å². The Labute approximate surface area is 95.4 Å². The molecule has 1 aliphatic heterocycles. The van der Waals surface area contributed by atoms with E-state index < -0.39 is 4.87 Å². The third-order valence-electron chi connectivity index (χ3n) is 3.15. The fourth-order valence-electron chi connectivity index (χ4n) is 2.42. The number of hydrogen-bond donors (Lipinski definition) is 1. The Morgan fingerprint density at radius 1 is 1.23 bits per heavy atom. The third kappa shape index (κ3) is 2.53. The maximum absolute atomic E-state index is 5.03. The van der Waals surface area contributed by atoms with Crippen LogP contribution in [0, 0.1) is 5.92 Å². The van der Waals surface area contributed by atoms with Crippen LogP contribution in [-0.2, 0) is 0 Å². The van der Waals surface area contributed by atoms with Crippen LogP contribution >= 0.6 is 39.9 Å². The molecule has 1 saturated carbocycles. The molecule has 13 heavy (non-hydrogen) atoms. The number of rotatable bonds is 1. The van der Waals surface area contributed by atoms with Crippen molar-refractivity contribution in [2.24, 2.45) is 5.92 Å². The molecule has 0 nitrogen and oxygen atoms in total. The van der Waals surface area contributed by atoms with E-state index in [4.69, 9.17) is 12.2 Å². The Hall–Kier alpha value is 1.48. The Balaban J connectivity index is 1.98. The van der Waals surface area contributed by atoms with Gasteiger partial charge in [-0.25, -0.2) is 0 Å². The predicted molar refractivity (Wildman–Crippen MR) is 73.6 cm³/mol. The van der Waals surface area contributed by atoms with Crippen LogP contribution in [0.25, 0.3) is 0 Å². The number of hydrogen-bond acceptors (Lipinski definition) is 3. The topological polar surface area (TPSA) is 0 Å². The minimum absolute atomic E-state index is 0.970. The molecule has 0 spiro atoms. The van der Waals surface area contributed by atoms with Gasteiger partial charge in [-0.1, -0.05) is 0 Å². The first-order valence-electron chi connectivity index (χ1n) is 5.21. The van der Waals surface area contributed by atoms with E-state index in [-0.39, 0.29) is 0 Å². The van der Waals surface area contributed by atoms with Gasteiger partial charge in [-0.2, -0.15) is 0 Å². The summed E-state index contributed by atoms with van der Waals surface area (Å²) in [7, 11) is 0. The molecule has 0 amide bonds. The molecule has 1 heterocycles. The molecule has 2 atom stereocenters. The van der Waals surface area contributed by atoms with Crippen molar-refractivity contribution in [2.75, 3.05) is 11.5 Å². The van der Waals surface area contributed by atoms with Crippen LogP contribution in [0.4, 0.5) is 0 Å². The van der Waals surface area contributed by atoms with Gasteiger partial charge in [0.15, 0.2) is 0 Å². The molecule has 0 aromatic carbocycles. The second kappa shape index (κ2) is 4.55. The maximum atomic E-state index is 5.03. The van der Waals surface area contributed by atoms with Crippen molar-refractivity contribution in [1.82, 2.24) is 0 Å². The van der Waals surface area contributed by atoms with E-state index >= 15 is 0 Å². The first-order chi connectivity index (χ1) is 6.21. The van der Waals surface area contributed by atoms with Gasteiger partial charge in [0, 0.05) is 0 Å². The zero-order chi connectivity index (χ0) is 9.31. The SMILES string of the molecule is CC1CCCC([PH]2(S)SCCS2)C1. The van der Waals surface area contributed by atoms with Gasteiger partial charge in [-0.15, -0.1) is 0 Å². The quantitative estimate of drug-likeness (QED) is 0.541. The van der Waals surface area contributed by atoms with Gasteiger partial charge in [-0.05, 0) is 0 Å². The Bertz CT molecular complexity index is 180. The Morgan fingerprint density at radius 3 is 2.54 bits per heavy atom. The van der Waals surface area contributed by atoms with Gasteiger partial charge in [0.25, 0.3) is 0 Å². The molecule has 0 radical (unpaired) electrons. The second-order valence-corrected chi connectivity index (χ2v) is 18.1. The van der Waals surface area contributed by atoms with E-state index in [0.717, 1.165) is 11.6 Å². The fraction of sp³-hybridized carbons (Fsp3) is 1.00. The van der Waals surface area contributed by atoms with Crippen molar-refractivity contribution >= 4 is 39.9 Å². The van der Waals surface area contributed by atoms with Crippen LogP contribution in [0.15, 0.2) is 0 Å². The monoisotopic (exact) mass is 254 g/mol. The van der Waals surface area contributed by atoms with Gasteiger partial charge < -0.3 is 0 Å². The molecule has 2 rings (SSSR count). The molecule has 1 saturated heterocycles. The van der Waals surface area contributed by atoms with E-state index in [0.29, 0.717) is 0 Å². The number of thiol groups is 1. The van der Waals surface area contributed by atoms with E-state index in [1.807, 2.05) is 0 Å². The Kier molecular flexibility index (Phi) is 3.84. The van der Waals surface area contributed by atoms with Gasteiger partial charge in [0.2, 0.25) is 0 Å². The summed E-state index contributed by atoms with van der Waals surface area (Å²) in [6.45, 7) is 2.42. The van der Waals surface area contributed by atoms with Crippen LogP contribution in [0.5, 0.6) is 0 Å². The zero-order valence-corrected chi connectivity index (χ0v) is 11.7. The standard InChI is InChI=1S/C9H19PS3/c1-8-3-2-4-9(7-8)10(11)12-5-6-13-10/h8-11H,2-7H2,1H3.